The summed E-state index contributed by atoms with van der Waals surface area (Å²) in [5, 5.41) is 0. The van der Waals surface area contributed by atoms with Gasteiger partial charge in [0, 0.05) is 25.0 Å². The maximum atomic E-state index is 12.4. The summed E-state index contributed by atoms with van der Waals surface area (Å²) in [5.74, 6) is 1.44. The number of fused-ring (bicyclic) bond motifs is 1. The lowest BCUT2D eigenvalue weighted by atomic mass is 9.96. The van der Waals surface area contributed by atoms with Crippen molar-refractivity contribution in [3.05, 3.63) is 23.3 Å². The number of ether oxygens (including phenoxy) is 3. The minimum Gasteiger partial charge on any atom is -0.479 e. The van der Waals surface area contributed by atoms with E-state index >= 15 is 0 Å². The first-order valence-corrected chi connectivity index (χ1v) is 7.86. The van der Waals surface area contributed by atoms with Crippen LogP contribution in [-0.2, 0) is 4.74 Å². The molecule has 1 heterocycles. The van der Waals surface area contributed by atoms with Crippen molar-refractivity contribution in [2.75, 3.05) is 20.2 Å². The Balaban J connectivity index is 2.42. The molecule has 0 spiro atoms. The molecule has 0 saturated heterocycles. The Morgan fingerprint density at radius 3 is 2.85 bits per heavy atom. The molecule has 0 aliphatic carbocycles. The van der Waals surface area contributed by atoms with Crippen LogP contribution in [0.2, 0.25) is 0 Å². The van der Waals surface area contributed by atoms with Crippen molar-refractivity contribution in [2.45, 2.75) is 25.7 Å². The maximum absolute atomic E-state index is 12.4. The number of rotatable bonds is 4. The fourth-order valence-electron chi connectivity index (χ4n) is 2.28. The van der Waals surface area contributed by atoms with Gasteiger partial charge in [-0.05, 0) is 25.3 Å². The maximum Gasteiger partial charge on any atom is 0.188 e. The van der Waals surface area contributed by atoms with Gasteiger partial charge in [-0.15, -0.1) is 11.8 Å². The Morgan fingerprint density at radius 2 is 2.20 bits per heavy atom. The van der Waals surface area contributed by atoms with Crippen molar-refractivity contribution in [3.8, 4) is 11.5 Å². The Morgan fingerprint density at radius 1 is 1.45 bits per heavy atom. The largest absolute Gasteiger partial charge is 0.479 e. The van der Waals surface area contributed by atoms with Crippen LogP contribution in [0.5, 0.6) is 11.5 Å². The zero-order chi connectivity index (χ0) is 14.7. The summed E-state index contributed by atoms with van der Waals surface area (Å²) in [6.45, 7) is 4.04. The molecule has 0 N–H and O–H groups in total. The molecule has 1 aliphatic heterocycles. The summed E-state index contributed by atoms with van der Waals surface area (Å²) >= 11 is 1.62. The molecule has 1 aliphatic rings. The highest BCUT2D eigenvalue weighted by molar-refractivity contribution is 7.99. The predicted octanol–water partition coefficient (Wildman–Crippen LogP) is 3.27. The summed E-state index contributed by atoms with van der Waals surface area (Å²) in [6.07, 6.45) is 2.72. The van der Waals surface area contributed by atoms with Crippen LogP contribution in [0.15, 0.2) is 12.1 Å². The van der Waals surface area contributed by atoms with Gasteiger partial charge in [-0.1, -0.05) is 6.92 Å². The number of thioether (sulfide) groups is 1. The molecule has 0 aromatic heterocycles. The van der Waals surface area contributed by atoms with Crippen molar-refractivity contribution in [3.63, 3.8) is 0 Å². The van der Waals surface area contributed by atoms with E-state index in [0.29, 0.717) is 17.1 Å². The van der Waals surface area contributed by atoms with Crippen LogP contribution in [0.4, 0.5) is 0 Å². The van der Waals surface area contributed by atoms with E-state index < -0.39 is 0 Å². The minimum atomic E-state index is -0.0288. The van der Waals surface area contributed by atoms with Crippen LogP contribution in [0.1, 0.15) is 29.3 Å². The Kier molecular flexibility index (Phi) is 4.94. The number of carbonyl (C=O) groups is 1. The van der Waals surface area contributed by atoms with Gasteiger partial charge in [0.2, 0.25) is 0 Å². The van der Waals surface area contributed by atoms with Crippen LogP contribution < -0.4 is 9.47 Å². The second-order valence-electron chi connectivity index (χ2n) is 4.90. The normalized spacial score (nSPS) is 21.9. The van der Waals surface area contributed by atoms with Gasteiger partial charge in [0.15, 0.2) is 12.6 Å². The van der Waals surface area contributed by atoms with Crippen LogP contribution in [-0.4, -0.2) is 31.4 Å². The van der Waals surface area contributed by atoms with E-state index in [4.69, 9.17) is 14.2 Å². The molecule has 1 aromatic rings. The second-order valence-corrected chi connectivity index (χ2v) is 5.90. The molecule has 2 atom stereocenters. The molecular weight excluding hydrogens is 276 g/mol. The molecule has 4 nitrogen and oxygen atoms in total. The third-order valence-electron chi connectivity index (χ3n) is 3.46. The zero-order valence-corrected chi connectivity index (χ0v) is 13.1. The van der Waals surface area contributed by atoms with Gasteiger partial charge in [-0.25, -0.2) is 0 Å². The molecule has 20 heavy (non-hydrogen) atoms. The summed E-state index contributed by atoms with van der Waals surface area (Å²) in [7, 11) is 1.57. The van der Waals surface area contributed by atoms with E-state index in [2.05, 4.69) is 0 Å². The Hall–Kier alpha value is -1.20. The molecule has 0 amide bonds. The number of benzene rings is 1. The van der Waals surface area contributed by atoms with Gasteiger partial charge in [0.25, 0.3) is 0 Å². The molecule has 0 bridgehead atoms. The first kappa shape index (κ1) is 15.2. The van der Waals surface area contributed by atoms with Gasteiger partial charge in [0.05, 0.1) is 5.56 Å². The van der Waals surface area contributed by atoms with Crippen molar-refractivity contribution in [1.29, 1.82) is 0 Å². The van der Waals surface area contributed by atoms with Gasteiger partial charge in [-0.3, -0.25) is 4.79 Å². The lowest BCUT2D eigenvalue weighted by molar-refractivity contribution is 0.0504. The SMILES string of the molecule is COCOc1ccc2c(c1C)OC(SC)CC(C)C2=O. The third kappa shape index (κ3) is 2.94. The van der Waals surface area contributed by atoms with Gasteiger partial charge < -0.3 is 14.2 Å². The van der Waals surface area contributed by atoms with Gasteiger partial charge in [-0.2, -0.15) is 0 Å². The summed E-state index contributed by atoms with van der Waals surface area (Å²) in [6, 6.07) is 3.59. The second kappa shape index (κ2) is 6.50. The van der Waals surface area contributed by atoms with E-state index in [1.165, 1.54) is 0 Å². The molecule has 2 rings (SSSR count). The highest BCUT2D eigenvalue weighted by Crippen LogP contribution is 2.38. The summed E-state index contributed by atoms with van der Waals surface area (Å²) in [4.78, 5) is 12.4. The number of methoxy groups -OCH3 is 1. The lowest BCUT2D eigenvalue weighted by Crippen LogP contribution is -2.15. The van der Waals surface area contributed by atoms with Crippen molar-refractivity contribution < 1.29 is 19.0 Å². The van der Waals surface area contributed by atoms with Crippen LogP contribution in [0, 0.1) is 12.8 Å². The van der Waals surface area contributed by atoms with Crippen molar-refractivity contribution >= 4 is 17.5 Å². The monoisotopic (exact) mass is 296 g/mol. The Labute approximate surface area is 123 Å². The first-order chi connectivity index (χ1) is 9.58. The molecule has 0 fully saturated rings. The predicted molar refractivity (Wildman–Crippen MR) is 79.7 cm³/mol. The smallest absolute Gasteiger partial charge is 0.188 e. The van der Waals surface area contributed by atoms with E-state index in [0.717, 1.165) is 12.0 Å². The number of hydrogen-bond acceptors (Lipinski definition) is 5. The van der Waals surface area contributed by atoms with Gasteiger partial charge in [0.1, 0.15) is 16.9 Å². The third-order valence-corrected chi connectivity index (χ3v) is 4.27. The van der Waals surface area contributed by atoms with E-state index in [1.54, 1.807) is 31.0 Å². The molecule has 110 valence electrons. The molecule has 2 unspecified atom stereocenters. The average molecular weight is 296 g/mol. The number of ketones is 1. The minimum absolute atomic E-state index is 0.00780. The lowest BCUT2D eigenvalue weighted by Gasteiger charge is -2.18. The van der Waals surface area contributed by atoms with Gasteiger partial charge >= 0.3 is 0 Å². The van der Waals surface area contributed by atoms with Crippen molar-refractivity contribution in [1.82, 2.24) is 0 Å². The van der Waals surface area contributed by atoms with Crippen LogP contribution in [0.25, 0.3) is 0 Å². The van der Waals surface area contributed by atoms with E-state index in [9.17, 15) is 4.79 Å². The van der Waals surface area contributed by atoms with Crippen LogP contribution >= 0.6 is 11.8 Å². The summed E-state index contributed by atoms with van der Waals surface area (Å²) < 4.78 is 16.4. The van der Waals surface area contributed by atoms with Crippen LogP contribution in [0.3, 0.4) is 0 Å². The highest BCUT2D eigenvalue weighted by Gasteiger charge is 2.30. The standard InChI is InChI=1S/C15H20O4S/c1-9-7-13(20-4)19-15-10(2)12(18-8-17-3)6-5-11(15)14(9)16/h5-6,9,13H,7-8H2,1-4H3. The molecule has 1 aromatic carbocycles. The molecule has 0 saturated carbocycles. The first-order valence-electron chi connectivity index (χ1n) is 6.57. The number of carbonyl (C=O) groups excluding carboxylic acids is 1. The van der Waals surface area contributed by atoms with Crippen molar-refractivity contribution in [2.24, 2.45) is 5.92 Å². The number of hydrogen-bond donors (Lipinski definition) is 0. The fraction of sp³-hybridized carbons (Fsp3) is 0.533. The molecule has 0 radical (unpaired) electrons. The number of Topliss-reactive ketones (excluding diaryl/α,β-unsaturated/α-hetero) is 1. The average Bonchev–Trinajstić information content (AvgIpc) is 2.57. The molecular formula is C15H20O4S. The molecule has 5 heteroatoms. The zero-order valence-electron chi connectivity index (χ0n) is 12.3. The van der Waals surface area contributed by atoms with E-state index in [1.807, 2.05) is 20.1 Å². The Bertz CT molecular complexity index is 501. The summed E-state index contributed by atoms with van der Waals surface area (Å²) in [5.41, 5.74) is 1.49. The topological polar surface area (TPSA) is 44.8 Å². The fourth-order valence-corrected chi connectivity index (χ4v) is 2.96. The van der Waals surface area contributed by atoms with E-state index in [-0.39, 0.29) is 23.9 Å². The highest BCUT2D eigenvalue weighted by atomic mass is 32.2. The quantitative estimate of drug-likeness (QED) is 0.798.